The summed E-state index contributed by atoms with van der Waals surface area (Å²) in [6.07, 6.45) is 6.05. The van der Waals surface area contributed by atoms with E-state index in [1.807, 2.05) is 6.07 Å². The lowest BCUT2D eigenvalue weighted by molar-refractivity contribution is 0.566. The van der Waals surface area contributed by atoms with Crippen LogP contribution in [0.2, 0.25) is 0 Å². The summed E-state index contributed by atoms with van der Waals surface area (Å²) in [5, 5.41) is 3.85. The molecule has 0 fully saturated rings. The SMILES string of the molecule is CC(NS(=O)(=O)c1cnn(C)c1)c1cccnc1. The predicted octanol–water partition coefficient (Wildman–Crippen LogP) is 0.855. The minimum atomic E-state index is -3.55. The number of nitrogens with one attached hydrogen (secondary N) is 1. The van der Waals surface area contributed by atoms with Gasteiger partial charge in [0.1, 0.15) is 4.90 Å². The molecule has 0 saturated carbocycles. The van der Waals surface area contributed by atoms with Gasteiger partial charge in [-0.1, -0.05) is 6.07 Å². The number of pyridine rings is 1. The average molecular weight is 266 g/mol. The van der Waals surface area contributed by atoms with Crippen molar-refractivity contribution >= 4 is 10.0 Å². The van der Waals surface area contributed by atoms with Crippen molar-refractivity contribution in [3.05, 3.63) is 42.5 Å². The first-order chi connectivity index (χ1) is 8.49. The summed E-state index contributed by atoms with van der Waals surface area (Å²) in [5.74, 6) is 0. The van der Waals surface area contributed by atoms with Crippen molar-refractivity contribution in [1.82, 2.24) is 19.5 Å². The molecule has 2 aromatic rings. The second-order valence-electron chi connectivity index (χ2n) is 3.98. The molecule has 0 aliphatic heterocycles. The van der Waals surface area contributed by atoms with Crippen molar-refractivity contribution in [1.29, 1.82) is 0 Å². The van der Waals surface area contributed by atoms with Crippen LogP contribution in [0.1, 0.15) is 18.5 Å². The first-order valence-corrected chi connectivity index (χ1v) is 6.88. The van der Waals surface area contributed by atoms with Gasteiger partial charge >= 0.3 is 0 Å². The van der Waals surface area contributed by atoms with Gasteiger partial charge in [0.15, 0.2) is 0 Å². The van der Waals surface area contributed by atoms with Crippen molar-refractivity contribution in [3.8, 4) is 0 Å². The highest BCUT2D eigenvalue weighted by Crippen LogP contribution is 2.15. The Balaban J connectivity index is 2.19. The molecule has 0 bridgehead atoms. The summed E-state index contributed by atoms with van der Waals surface area (Å²) >= 11 is 0. The molecule has 6 nitrogen and oxygen atoms in total. The third-order valence-corrected chi connectivity index (χ3v) is 4.00. The highest BCUT2D eigenvalue weighted by molar-refractivity contribution is 7.89. The van der Waals surface area contributed by atoms with Crippen LogP contribution in [-0.4, -0.2) is 23.2 Å². The highest BCUT2D eigenvalue weighted by atomic mass is 32.2. The van der Waals surface area contributed by atoms with Gasteiger partial charge in [0, 0.05) is 31.7 Å². The Morgan fingerprint density at radius 1 is 1.39 bits per heavy atom. The highest BCUT2D eigenvalue weighted by Gasteiger charge is 2.19. The summed E-state index contributed by atoms with van der Waals surface area (Å²) in [6.45, 7) is 1.77. The second-order valence-corrected chi connectivity index (χ2v) is 5.69. The fourth-order valence-corrected chi connectivity index (χ4v) is 2.75. The minimum absolute atomic E-state index is 0.153. The molecule has 2 rings (SSSR count). The van der Waals surface area contributed by atoms with Crippen LogP contribution < -0.4 is 4.72 Å². The molecular formula is C11H14N4O2S. The van der Waals surface area contributed by atoms with Crippen molar-refractivity contribution < 1.29 is 8.42 Å². The molecule has 0 aromatic carbocycles. The molecule has 1 unspecified atom stereocenters. The van der Waals surface area contributed by atoms with E-state index in [9.17, 15) is 8.42 Å². The van der Waals surface area contributed by atoms with Gasteiger partial charge in [0.05, 0.1) is 6.20 Å². The van der Waals surface area contributed by atoms with Gasteiger partial charge in [0.2, 0.25) is 10.0 Å². The van der Waals surface area contributed by atoms with Gasteiger partial charge in [0.25, 0.3) is 0 Å². The average Bonchev–Trinajstić information content (AvgIpc) is 2.77. The van der Waals surface area contributed by atoms with Crippen LogP contribution in [-0.2, 0) is 17.1 Å². The zero-order chi connectivity index (χ0) is 13.2. The number of nitrogens with zero attached hydrogens (tertiary/aromatic N) is 3. The lowest BCUT2D eigenvalue weighted by atomic mass is 10.2. The van der Waals surface area contributed by atoms with Crippen LogP contribution in [0.25, 0.3) is 0 Å². The van der Waals surface area contributed by atoms with E-state index in [-0.39, 0.29) is 10.9 Å². The van der Waals surface area contributed by atoms with Gasteiger partial charge in [-0.2, -0.15) is 5.10 Å². The van der Waals surface area contributed by atoms with Crippen LogP contribution in [0.5, 0.6) is 0 Å². The molecule has 0 amide bonds. The van der Waals surface area contributed by atoms with Gasteiger partial charge in [-0.15, -0.1) is 0 Å². The monoisotopic (exact) mass is 266 g/mol. The van der Waals surface area contributed by atoms with E-state index in [0.717, 1.165) is 5.56 Å². The summed E-state index contributed by atoms with van der Waals surface area (Å²) in [6, 6.07) is 3.25. The van der Waals surface area contributed by atoms with Crippen LogP contribution >= 0.6 is 0 Å². The van der Waals surface area contributed by atoms with E-state index in [0.29, 0.717) is 0 Å². The number of aromatic nitrogens is 3. The van der Waals surface area contributed by atoms with Crippen molar-refractivity contribution in [2.75, 3.05) is 0 Å². The van der Waals surface area contributed by atoms with Gasteiger partial charge < -0.3 is 0 Å². The molecule has 2 heterocycles. The smallest absolute Gasteiger partial charge is 0.244 e. The Kier molecular flexibility index (Phi) is 3.44. The van der Waals surface area contributed by atoms with Crippen LogP contribution in [0.4, 0.5) is 0 Å². The molecule has 0 radical (unpaired) electrons. The first kappa shape index (κ1) is 12.7. The molecule has 0 saturated heterocycles. The fraction of sp³-hybridized carbons (Fsp3) is 0.273. The van der Waals surface area contributed by atoms with E-state index < -0.39 is 10.0 Å². The van der Waals surface area contributed by atoms with Crippen molar-refractivity contribution in [3.63, 3.8) is 0 Å². The molecule has 1 atom stereocenters. The quantitative estimate of drug-likeness (QED) is 0.890. The first-order valence-electron chi connectivity index (χ1n) is 5.40. The van der Waals surface area contributed by atoms with E-state index in [2.05, 4.69) is 14.8 Å². The zero-order valence-electron chi connectivity index (χ0n) is 10.1. The van der Waals surface area contributed by atoms with Crippen molar-refractivity contribution in [2.24, 2.45) is 7.05 Å². The van der Waals surface area contributed by atoms with Gasteiger partial charge in [-0.05, 0) is 18.6 Å². The standard InChI is InChI=1S/C11H14N4O2S/c1-9(10-4-3-5-12-6-10)14-18(16,17)11-7-13-15(2)8-11/h3-9,14H,1-2H3. The summed E-state index contributed by atoms with van der Waals surface area (Å²) in [4.78, 5) is 4.11. The summed E-state index contributed by atoms with van der Waals surface area (Å²) in [7, 11) is -1.88. The maximum Gasteiger partial charge on any atom is 0.244 e. The third kappa shape index (κ3) is 2.74. The Labute approximate surface area is 106 Å². The zero-order valence-corrected chi connectivity index (χ0v) is 10.9. The van der Waals surface area contributed by atoms with Crippen LogP contribution in [0, 0.1) is 0 Å². The van der Waals surface area contributed by atoms with Gasteiger partial charge in [-0.25, -0.2) is 13.1 Å². The normalized spacial score (nSPS) is 13.4. The van der Waals surface area contributed by atoms with Gasteiger partial charge in [-0.3, -0.25) is 9.67 Å². The molecular weight excluding hydrogens is 252 g/mol. The maximum atomic E-state index is 12.0. The Hall–Kier alpha value is -1.73. The number of rotatable bonds is 4. The molecule has 96 valence electrons. The number of hydrogen-bond acceptors (Lipinski definition) is 4. The number of sulfonamides is 1. The predicted molar refractivity (Wildman–Crippen MR) is 66.2 cm³/mol. The lowest BCUT2D eigenvalue weighted by Gasteiger charge is -2.13. The molecule has 2 aromatic heterocycles. The van der Waals surface area contributed by atoms with Crippen LogP contribution in [0.3, 0.4) is 0 Å². The molecule has 7 heteroatoms. The Morgan fingerprint density at radius 3 is 2.72 bits per heavy atom. The molecule has 18 heavy (non-hydrogen) atoms. The number of aryl methyl sites for hydroxylation is 1. The molecule has 0 spiro atoms. The second kappa shape index (κ2) is 4.87. The lowest BCUT2D eigenvalue weighted by Crippen LogP contribution is -2.26. The number of hydrogen-bond donors (Lipinski definition) is 1. The van der Waals surface area contributed by atoms with Crippen LogP contribution in [0.15, 0.2) is 41.8 Å². The van der Waals surface area contributed by atoms with E-state index in [4.69, 9.17) is 0 Å². The third-order valence-electron chi connectivity index (χ3n) is 2.51. The molecule has 1 N–H and O–H groups in total. The van der Waals surface area contributed by atoms with E-state index >= 15 is 0 Å². The minimum Gasteiger partial charge on any atom is -0.274 e. The maximum absolute atomic E-state index is 12.0. The van der Waals surface area contributed by atoms with Crippen molar-refractivity contribution in [2.45, 2.75) is 17.9 Å². The fourth-order valence-electron chi connectivity index (χ4n) is 1.54. The molecule has 0 aliphatic rings. The molecule has 0 aliphatic carbocycles. The van der Waals surface area contributed by atoms with E-state index in [1.54, 1.807) is 32.4 Å². The summed E-state index contributed by atoms with van der Waals surface area (Å²) in [5.41, 5.74) is 0.810. The summed E-state index contributed by atoms with van der Waals surface area (Å²) < 4.78 is 28.1. The van der Waals surface area contributed by atoms with E-state index in [1.165, 1.54) is 17.1 Å². The largest absolute Gasteiger partial charge is 0.274 e. The Bertz CT molecular complexity index is 622. The topological polar surface area (TPSA) is 76.9 Å². The Morgan fingerprint density at radius 2 is 2.17 bits per heavy atom.